The molecule has 0 atom stereocenters. The molecule has 3 rings (SSSR count). The topological polar surface area (TPSA) is 79.2 Å². The second-order valence-electron chi connectivity index (χ2n) is 6.31. The molecule has 0 fully saturated rings. The van der Waals surface area contributed by atoms with E-state index >= 15 is 0 Å². The fraction of sp³-hybridized carbons (Fsp3) is 0.350. The number of fused-ring (bicyclic) bond motifs is 1. The Labute approximate surface area is 152 Å². The van der Waals surface area contributed by atoms with Gasteiger partial charge in [0.05, 0.1) is 33.9 Å². The van der Waals surface area contributed by atoms with E-state index in [4.69, 9.17) is 9.47 Å². The van der Waals surface area contributed by atoms with Gasteiger partial charge in [0.2, 0.25) is 5.91 Å². The van der Waals surface area contributed by atoms with Gasteiger partial charge in [-0.25, -0.2) is 0 Å². The van der Waals surface area contributed by atoms with Crippen LogP contribution < -0.4 is 9.47 Å². The van der Waals surface area contributed by atoms with Gasteiger partial charge >= 0.3 is 0 Å². The standard InChI is InChI=1S/C20H23NO5/c1-21-5-4-12(8-19(21)24)20-15-9-18(26-3)17(25-2)7-13(15)6-14(10-22)16(20)11-23/h4,6-7,9,22-23H,5,8,10-11H2,1-3H3. The fourth-order valence-corrected chi connectivity index (χ4v) is 3.43. The number of nitrogens with zero attached hydrogens (tertiary/aromatic N) is 1. The van der Waals surface area contributed by atoms with Crippen molar-refractivity contribution in [2.24, 2.45) is 0 Å². The van der Waals surface area contributed by atoms with Crippen LogP contribution in [0.4, 0.5) is 0 Å². The van der Waals surface area contributed by atoms with Crippen LogP contribution in [0, 0.1) is 0 Å². The molecular weight excluding hydrogens is 334 g/mol. The first-order valence-electron chi connectivity index (χ1n) is 8.39. The second kappa shape index (κ2) is 7.35. The summed E-state index contributed by atoms with van der Waals surface area (Å²) in [6.07, 6.45) is 2.25. The number of amides is 1. The Hall–Kier alpha value is -2.57. The molecule has 0 saturated heterocycles. The number of rotatable bonds is 5. The molecule has 26 heavy (non-hydrogen) atoms. The first kappa shape index (κ1) is 18.2. The molecule has 0 aromatic heterocycles. The first-order chi connectivity index (χ1) is 12.5. The van der Waals surface area contributed by atoms with E-state index in [1.165, 1.54) is 0 Å². The minimum absolute atomic E-state index is 0.0226. The van der Waals surface area contributed by atoms with Crippen LogP contribution in [-0.2, 0) is 18.0 Å². The van der Waals surface area contributed by atoms with Crippen molar-refractivity contribution in [2.45, 2.75) is 19.6 Å². The van der Waals surface area contributed by atoms with Crippen LogP contribution in [0.5, 0.6) is 11.5 Å². The predicted molar refractivity (Wildman–Crippen MR) is 99.1 cm³/mol. The summed E-state index contributed by atoms with van der Waals surface area (Å²) in [7, 11) is 4.90. The molecule has 1 aliphatic rings. The summed E-state index contributed by atoms with van der Waals surface area (Å²) < 4.78 is 10.8. The van der Waals surface area contributed by atoms with Crippen molar-refractivity contribution in [3.63, 3.8) is 0 Å². The molecular formula is C20H23NO5. The summed E-state index contributed by atoms with van der Waals surface area (Å²) >= 11 is 0. The number of benzene rings is 2. The monoisotopic (exact) mass is 357 g/mol. The third-order valence-corrected chi connectivity index (χ3v) is 4.87. The molecule has 0 unspecified atom stereocenters. The average Bonchev–Trinajstić information content (AvgIpc) is 2.67. The van der Waals surface area contributed by atoms with E-state index in [-0.39, 0.29) is 25.5 Å². The lowest BCUT2D eigenvalue weighted by molar-refractivity contribution is -0.128. The molecule has 138 valence electrons. The Balaban J connectivity index is 2.35. The molecule has 2 aromatic carbocycles. The smallest absolute Gasteiger partial charge is 0.227 e. The third kappa shape index (κ3) is 3.02. The molecule has 1 amide bonds. The van der Waals surface area contributed by atoms with Crippen molar-refractivity contribution in [1.29, 1.82) is 0 Å². The molecule has 6 nitrogen and oxygen atoms in total. The van der Waals surface area contributed by atoms with Gasteiger partial charge in [-0.2, -0.15) is 0 Å². The van der Waals surface area contributed by atoms with Crippen LogP contribution >= 0.6 is 0 Å². The lowest BCUT2D eigenvalue weighted by atomic mass is 9.87. The number of hydrogen-bond donors (Lipinski definition) is 2. The summed E-state index contributed by atoms with van der Waals surface area (Å²) in [6.45, 7) is 0.0857. The van der Waals surface area contributed by atoms with Gasteiger partial charge in [-0.05, 0) is 51.2 Å². The highest BCUT2D eigenvalue weighted by Gasteiger charge is 2.23. The fourth-order valence-electron chi connectivity index (χ4n) is 3.43. The van der Waals surface area contributed by atoms with E-state index in [1.807, 2.05) is 24.3 Å². The Morgan fingerprint density at radius 2 is 1.77 bits per heavy atom. The van der Waals surface area contributed by atoms with Gasteiger partial charge in [-0.15, -0.1) is 0 Å². The van der Waals surface area contributed by atoms with Gasteiger partial charge in [0, 0.05) is 13.6 Å². The Bertz CT molecular complexity index is 882. The first-order valence-corrected chi connectivity index (χ1v) is 8.39. The molecule has 2 N–H and O–H groups in total. The van der Waals surface area contributed by atoms with Crippen molar-refractivity contribution >= 4 is 22.3 Å². The largest absolute Gasteiger partial charge is 0.493 e. The maximum Gasteiger partial charge on any atom is 0.227 e. The van der Waals surface area contributed by atoms with E-state index in [2.05, 4.69) is 0 Å². The van der Waals surface area contributed by atoms with E-state index in [0.29, 0.717) is 29.2 Å². The van der Waals surface area contributed by atoms with E-state index in [0.717, 1.165) is 21.9 Å². The molecule has 0 saturated carbocycles. The molecule has 1 aliphatic heterocycles. The minimum atomic E-state index is -0.225. The van der Waals surface area contributed by atoms with Gasteiger partial charge in [-0.1, -0.05) is 6.08 Å². The number of likely N-dealkylation sites (N-methyl/N-ethyl adjacent to an activating group) is 1. The zero-order valence-electron chi connectivity index (χ0n) is 15.2. The highest BCUT2D eigenvalue weighted by Crippen LogP contribution is 2.40. The van der Waals surface area contributed by atoms with Gasteiger partial charge < -0.3 is 24.6 Å². The number of carbonyl (C=O) groups excluding carboxylic acids is 1. The average molecular weight is 357 g/mol. The Morgan fingerprint density at radius 1 is 1.08 bits per heavy atom. The Morgan fingerprint density at radius 3 is 2.35 bits per heavy atom. The van der Waals surface area contributed by atoms with Crippen molar-refractivity contribution in [3.8, 4) is 11.5 Å². The number of ether oxygens (including phenoxy) is 2. The molecule has 0 spiro atoms. The summed E-state index contributed by atoms with van der Waals surface area (Å²) in [5.74, 6) is 1.18. The van der Waals surface area contributed by atoms with E-state index in [1.54, 1.807) is 26.2 Å². The van der Waals surface area contributed by atoms with E-state index < -0.39 is 0 Å². The highest BCUT2D eigenvalue weighted by molar-refractivity contribution is 6.02. The molecule has 2 aromatic rings. The van der Waals surface area contributed by atoms with Crippen LogP contribution in [0.1, 0.15) is 23.1 Å². The van der Waals surface area contributed by atoms with Gasteiger partial charge in [0.15, 0.2) is 11.5 Å². The second-order valence-corrected chi connectivity index (χ2v) is 6.31. The van der Waals surface area contributed by atoms with Crippen LogP contribution in [0.15, 0.2) is 24.3 Å². The SMILES string of the molecule is COc1cc2cc(CO)c(CO)c(C3=CCN(C)C(=O)C3)c2cc1OC. The molecule has 0 aliphatic carbocycles. The normalized spacial score (nSPS) is 14.6. The lowest BCUT2D eigenvalue weighted by Gasteiger charge is -2.25. The molecule has 6 heteroatoms. The van der Waals surface area contributed by atoms with Crippen molar-refractivity contribution in [3.05, 3.63) is 41.0 Å². The Kier molecular flexibility index (Phi) is 5.15. The quantitative estimate of drug-likeness (QED) is 0.857. The van der Waals surface area contributed by atoms with E-state index in [9.17, 15) is 15.0 Å². The van der Waals surface area contributed by atoms with Crippen LogP contribution in [0.2, 0.25) is 0 Å². The molecule has 1 heterocycles. The molecule has 0 radical (unpaired) electrons. The summed E-state index contributed by atoms with van der Waals surface area (Å²) in [4.78, 5) is 13.9. The van der Waals surface area contributed by atoms with Crippen molar-refractivity contribution in [2.75, 3.05) is 27.8 Å². The number of aliphatic hydroxyl groups is 2. The number of aliphatic hydroxyl groups excluding tert-OH is 2. The number of methoxy groups -OCH3 is 2. The summed E-state index contributed by atoms with van der Waals surface area (Å²) in [5.41, 5.74) is 2.91. The predicted octanol–water partition coefficient (Wildman–Crippen LogP) is 2.09. The number of hydrogen-bond acceptors (Lipinski definition) is 5. The third-order valence-electron chi connectivity index (χ3n) is 4.87. The minimum Gasteiger partial charge on any atom is -0.493 e. The summed E-state index contributed by atoms with van der Waals surface area (Å²) in [6, 6.07) is 5.53. The van der Waals surface area contributed by atoms with Crippen LogP contribution in [0.25, 0.3) is 16.3 Å². The maximum atomic E-state index is 12.2. The van der Waals surface area contributed by atoms with Crippen molar-refractivity contribution in [1.82, 2.24) is 4.90 Å². The van der Waals surface area contributed by atoms with Gasteiger partial charge in [0.25, 0.3) is 0 Å². The van der Waals surface area contributed by atoms with Crippen LogP contribution in [0.3, 0.4) is 0 Å². The van der Waals surface area contributed by atoms with Crippen molar-refractivity contribution < 1.29 is 24.5 Å². The maximum absolute atomic E-state index is 12.2. The lowest BCUT2D eigenvalue weighted by Crippen LogP contribution is -2.30. The zero-order chi connectivity index (χ0) is 18.8. The summed E-state index contributed by atoms with van der Waals surface area (Å²) in [5, 5.41) is 21.5. The van der Waals surface area contributed by atoms with Gasteiger partial charge in [-0.3, -0.25) is 4.79 Å². The van der Waals surface area contributed by atoms with Crippen LogP contribution in [-0.4, -0.2) is 48.8 Å². The van der Waals surface area contributed by atoms with Gasteiger partial charge in [0.1, 0.15) is 0 Å². The highest BCUT2D eigenvalue weighted by atomic mass is 16.5. The zero-order valence-corrected chi connectivity index (χ0v) is 15.2. The molecule has 0 bridgehead atoms. The number of carbonyl (C=O) groups is 1.